The van der Waals surface area contributed by atoms with Crippen LogP contribution >= 0.6 is 23.2 Å². The molecule has 1 aliphatic rings. The molecule has 2 aromatic rings. The molecule has 1 atom stereocenters. The van der Waals surface area contributed by atoms with Crippen LogP contribution in [0.4, 0.5) is 5.69 Å². The first-order chi connectivity index (χ1) is 12.5. The third-order valence-corrected chi connectivity index (χ3v) is 5.37. The molecule has 1 saturated heterocycles. The second kappa shape index (κ2) is 8.96. The van der Waals surface area contributed by atoms with Crippen molar-refractivity contribution in [2.75, 3.05) is 44.2 Å². The van der Waals surface area contributed by atoms with Gasteiger partial charge in [-0.1, -0.05) is 41.4 Å². The highest BCUT2D eigenvalue weighted by Gasteiger charge is 2.20. The highest BCUT2D eigenvalue weighted by atomic mass is 35.5. The first-order valence-electron chi connectivity index (χ1n) is 8.82. The van der Waals surface area contributed by atoms with Crippen LogP contribution in [0.2, 0.25) is 10.0 Å². The lowest BCUT2D eigenvalue weighted by Gasteiger charge is -2.37. The quantitative estimate of drug-likeness (QED) is 0.806. The van der Waals surface area contributed by atoms with E-state index < -0.39 is 6.10 Å². The summed E-state index contributed by atoms with van der Waals surface area (Å²) < 4.78 is 5.74. The van der Waals surface area contributed by atoms with Gasteiger partial charge in [0, 0.05) is 38.4 Å². The van der Waals surface area contributed by atoms with Crippen molar-refractivity contribution >= 4 is 28.9 Å². The van der Waals surface area contributed by atoms with Crippen molar-refractivity contribution in [1.82, 2.24) is 4.90 Å². The van der Waals surface area contributed by atoms with Gasteiger partial charge in [-0.15, -0.1) is 0 Å². The fourth-order valence-corrected chi connectivity index (χ4v) is 3.42. The van der Waals surface area contributed by atoms with Gasteiger partial charge in [-0.2, -0.15) is 0 Å². The summed E-state index contributed by atoms with van der Waals surface area (Å²) in [6.45, 7) is 6.49. The molecule has 4 nitrogen and oxygen atoms in total. The minimum Gasteiger partial charge on any atom is -0.491 e. The number of aliphatic hydroxyl groups excluding tert-OH is 1. The van der Waals surface area contributed by atoms with Gasteiger partial charge in [-0.05, 0) is 36.8 Å². The molecule has 1 fully saturated rings. The Hall–Kier alpha value is -1.46. The molecule has 0 amide bonds. The Morgan fingerprint density at radius 1 is 1.04 bits per heavy atom. The number of ether oxygens (including phenoxy) is 1. The summed E-state index contributed by atoms with van der Waals surface area (Å²) in [6, 6.07) is 13.6. The monoisotopic (exact) mass is 394 g/mol. The zero-order valence-corrected chi connectivity index (χ0v) is 16.4. The van der Waals surface area contributed by atoms with Crippen molar-refractivity contribution in [3.05, 3.63) is 58.1 Å². The number of hydrogen-bond donors (Lipinski definition) is 1. The van der Waals surface area contributed by atoms with Crippen molar-refractivity contribution in [1.29, 1.82) is 0 Å². The first-order valence-corrected chi connectivity index (χ1v) is 9.57. The maximum Gasteiger partial charge on any atom is 0.122 e. The standard InChI is InChI=1S/C20H24Cl2N2O2/c1-15-4-2-3-5-20(15)26-14-17(25)13-23-8-10-24(11-9-23)16-6-7-18(21)19(22)12-16/h2-7,12,17,25H,8-11,13-14H2,1H3. The van der Waals surface area contributed by atoms with E-state index in [4.69, 9.17) is 27.9 Å². The second-order valence-corrected chi connectivity index (χ2v) is 7.43. The number of nitrogens with zero attached hydrogens (tertiary/aromatic N) is 2. The number of para-hydroxylation sites is 1. The summed E-state index contributed by atoms with van der Waals surface area (Å²) >= 11 is 12.1. The molecule has 1 aliphatic heterocycles. The molecule has 3 rings (SSSR count). The van der Waals surface area contributed by atoms with E-state index in [0.29, 0.717) is 23.2 Å². The molecule has 140 valence electrons. The van der Waals surface area contributed by atoms with Crippen LogP contribution in [0.15, 0.2) is 42.5 Å². The lowest BCUT2D eigenvalue weighted by atomic mass is 10.2. The van der Waals surface area contributed by atoms with Crippen LogP contribution in [-0.2, 0) is 0 Å². The number of hydrogen-bond acceptors (Lipinski definition) is 4. The molecular formula is C20H24Cl2N2O2. The third kappa shape index (κ3) is 5.04. The van der Waals surface area contributed by atoms with Gasteiger partial charge in [0.1, 0.15) is 18.5 Å². The van der Waals surface area contributed by atoms with Gasteiger partial charge in [-0.25, -0.2) is 0 Å². The molecule has 0 saturated carbocycles. The molecule has 2 aromatic carbocycles. The number of rotatable bonds is 6. The maximum atomic E-state index is 10.3. The van der Waals surface area contributed by atoms with E-state index in [1.54, 1.807) is 0 Å². The van der Waals surface area contributed by atoms with Crippen LogP contribution in [0, 0.1) is 6.92 Å². The van der Waals surface area contributed by atoms with E-state index in [1.807, 2.05) is 49.4 Å². The summed E-state index contributed by atoms with van der Waals surface area (Å²) in [5.74, 6) is 0.830. The molecular weight excluding hydrogens is 371 g/mol. The SMILES string of the molecule is Cc1ccccc1OCC(O)CN1CCN(c2ccc(Cl)c(Cl)c2)CC1. The van der Waals surface area contributed by atoms with Crippen LogP contribution in [0.1, 0.15) is 5.56 Å². The minimum atomic E-state index is -0.508. The molecule has 0 radical (unpaired) electrons. The van der Waals surface area contributed by atoms with E-state index in [0.717, 1.165) is 43.2 Å². The zero-order chi connectivity index (χ0) is 18.5. The number of aryl methyl sites for hydroxylation is 1. The van der Waals surface area contributed by atoms with Gasteiger partial charge in [0.05, 0.1) is 10.0 Å². The fourth-order valence-electron chi connectivity index (χ4n) is 3.13. The predicted molar refractivity (Wildman–Crippen MR) is 108 cm³/mol. The Balaban J connectivity index is 1.44. The Morgan fingerprint density at radius 2 is 1.77 bits per heavy atom. The van der Waals surface area contributed by atoms with Crippen LogP contribution in [0.3, 0.4) is 0 Å². The van der Waals surface area contributed by atoms with Crippen molar-refractivity contribution in [3.63, 3.8) is 0 Å². The Kier molecular flexibility index (Phi) is 6.65. The van der Waals surface area contributed by atoms with Gasteiger partial charge in [0.15, 0.2) is 0 Å². The van der Waals surface area contributed by atoms with Crippen LogP contribution < -0.4 is 9.64 Å². The van der Waals surface area contributed by atoms with E-state index >= 15 is 0 Å². The third-order valence-electron chi connectivity index (χ3n) is 4.63. The van der Waals surface area contributed by atoms with Crippen molar-refractivity contribution in [2.24, 2.45) is 0 Å². The van der Waals surface area contributed by atoms with E-state index in [-0.39, 0.29) is 0 Å². The summed E-state index contributed by atoms with van der Waals surface area (Å²) in [4.78, 5) is 4.55. The van der Waals surface area contributed by atoms with Gasteiger partial charge in [0.2, 0.25) is 0 Å². The Bertz CT molecular complexity index is 734. The molecule has 6 heteroatoms. The molecule has 0 aromatic heterocycles. The van der Waals surface area contributed by atoms with Gasteiger partial charge < -0.3 is 14.7 Å². The van der Waals surface area contributed by atoms with Gasteiger partial charge in [0.25, 0.3) is 0 Å². The minimum absolute atomic E-state index is 0.303. The van der Waals surface area contributed by atoms with Crippen molar-refractivity contribution in [2.45, 2.75) is 13.0 Å². The molecule has 1 N–H and O–H groups in total. The highest BCUT2D eigenvalue weighted by Crippen LogP contribution is 2.27. The smallest absolute Gasteiger partial charge is 0.122 e. The van der Waals surface area contributed by atoms with E-state index in [2.05, 4.69) is 9.80 Å². The average Bonchev–Trinajstić information content (AvgIpc) is 2.64. The number of anilines is 1. The molecule has 1 unspecified atom stereocenters. The summed E-state index contributed by atoms with van der Waals surface area (Å²) in [5.41, 5.74) is 2.16. The highest BCUT2D eigenvalue weighted by molar-refractivity contribution is 6.42. The van der Waals surface area contributed by atoms with Crippen LogP contribution in [0.5, 0.6) is 5.75 Å². The fraction of sp³-hybridized carbons (Fsp3) is 0.400. The van der Waals surface area contributed by atoms with E-state index in [1.165, 1.54) is 0 Å². The van der Waals surface area contributed by atoms with Gasteiger partial charge >= 0.3 is 0 Å². The van der Waals surface area contributed by atoms with Gasteiger partial charge in [-0.3, -0.25) is 4.90 Å². The molecule has 1 heterocycles. The summed E-state index contributed by atoms with van der Waals surface area (Å²) in [7, 11) is 0. The van der Waals surface area contributed by atoms with Crippen LogP contribution in [-0.4, -0.2) is 55.4 Å². The molecule has 0 spiro atoms. The van der Waals surface area contributed by atoms with Crippen molar-refractivity contribution < 1.29 is 9.84 Å². The number of β-amino-alcohol motifs (C(OH)–C–C–N with tert-alkyl or cyclic N) is 1. The largest absolute Gasteiger partial charge is 0.491 e. The molecule has 0 bridgehead atoms. The van der Waals surface area contributed by atoms with Crippen molar-refractivity contribution in [3.8, 4) is 5.75 Å². The molecule has 0 aliphatic carbocycles. The zero-order valence-electron chi connectivity index (χ0n) is 14.9. The number of halogens is 2. The normalized spacial score (nSPS) is 16.5. The maximum absolute atomic E-state index is 10.3. The first kappa shape index (κ1) is 19.3. The Labute approximate surface area is 164 Å². The lowest BCUT2D eigenvalue weighted by Crippen LogP contribution is -2.49. The molecule has 26 heavy (non-hydrogen) atoms. The summed E-state index contributed by atoms with van der Waals surface area (Å²) in [6.07, 6.45) is -0.508. The number of benzene rings is 2. The second-order valence-electron chi connectivity index (χ2n) is 6.62. The topological polar surface area (TPSA) is 35.9 Å². The van der Waals surface area contributed by atoms with Crippen LogP contribution in [0.25, 0.3) is 0 Å². The summed E-state index contributed by atoms with van der Waals surface area (Å²) in [5, 5.41) is 11.4. The number of piperazine rings is 1. The Morgan fingerprint density at radius 3 is 2.46 bits per heavy atom. The average molecular weight is 395 g/mol. The predicted octanol–water partition coefficient (Wildman–Crippen LogP) is 3.86. The lowest BCUT2D eigenvalue weighted by molar-refractivity contribution is 0.0661. The van der Waals surface area contributed by atoms with E-state index in [9.17, 15) is 5.11 Å². The number of aliphatic hydroxyl groups is 1.